The molecule has 0 fully saturated rings. The molecule has 0 radical (unpaired) electrons. The molecule has 0 aliphatic heterocycles. The quantitative estimate of drug-likeness (QED) is 0.147. The van der Waals surface area contributed by atoms with Gasteiger partial charge in [-0.15, -0.1) is 10.2 Å². The van der Waals surface area contributed by atoms with Crippen molar-refractivity contribution in [1.82, 2.24) is 14.8 Å². The van der Waals surface area contributed by atoms with Crippen molar-refractivity contribution in [1.29, 1.82) is 0 Å². The van der Waals surface area contributed by atoms with Gasteiger partial charge in [-0.1, -0.05) is 158 Å². The van der Waals surface area contributed by atoms with E-state index >= 15 is 0 Å². The molecule has 0 unspecified atom stereocenters. The first kappa shape index (κ1) is 35.6. The highest BCUT2D eigenvalue weighted by atomic mass is 16.4. The first-order valence-corrected chi connectivity index (χ1v) is 19.9. The SMILES string of the molecule is C=Cc1c(/C=C\C)n(-c2ccc(-c3cccc4ccccc34)cc2)c2ccc(-c3ccccc3-c3ccccc3-c3ccc(-c4nnc(-c5ccccc5)o4)cc3)cc12. The van der Waals surface area contributed by atoms with E-state index in [0.29, 0.717) is 11.8 Å². The van der Waals surface area contributed by atoms with Crippen molar-refractivity contribution < 1.29 is 4.42 Å². The van der Waals surface area contributed by atoms with Gasteiger partial charge in [0, 0.05) is 27.8 Å². The fourth-order valence-electron chi connectivity index (χ4n) is 8.35. The summed E-state index contributed by atoms with van der Waals surface area (Å²) >= 11 is 0. The van der Waals surface area contributed by atoms with Crippen LogP contribution in [-0.4, -0.2) is 14.8 Å². The minimum absolute atomic E-state index is 0.493. The molecule has 4 nitrogen and oxygen atoms in total. The molecular weight excluding hydrogens is 719 g/mol. The van der Waals surface area contributed by atoms with Gasteiger partial charge in [0.2, 0.25) is 11.8 Å². The second-order valence-electron chi connectivity index (χ2n) is 14.6. The minimum Gasteiger partial charge on any atom is -0.416 e. The fraction of sp³-hybridized carbons (Fsp3) is 0.0182. The lowest BCUT2D eigenvalue weighted by Crippen LogP contribution is -1.97. The van der Waals surface area contributed by atoms with Gasteiger partial charge in [-0.25, -0.2) is 0 Å². The van der Waals surface area contributed by atoms with Crippen LogP contribution in [0.2, 0.25) is 0 Å². The third-order valence-corrected chi connectivity index (χ3v) is 11.1. The maximum Gasteiger partial charge on any atom is 0.248 e. The summed E-state index contributed by atoms with van der Waals surface area (Å²) in [6.07, 6.45) is 6.28. The maximum absolute atomic E-state index is 6.05. The van der Waals surface area contributed by atoms with Crippen LogP contribution >= 0.6 is 0 Å². The Labute approximate surface area is 343 Å². The van der Waals surface area contributed by atoms with Crippen LogP contribution in [0.25, 0.3) is 107 Å². The Hall–Kier alpha value is -7.82. The molecule has 0 spiro atoms. The molecule has 2 aromatic heterocycles. The molecule has 0 N–H and O–H groups in total. The van der Waals surface area contributed by atoms with Gasteiger partial charge in [0.1, 0.15) is 0 Å². The summed E-state index contributed by atoms with van der Waals surface area (Å²) in [5.41, 5.74) is 15.5. The monoisotopic (exact) mass is 757 g/mol. The summed E-state index contributed by atoms with van der Waals surface area (Å²) in [7, 11) is 0. The molecule has 0 saturated heterocycles. The summed E-state index contributed by atoms with van der Waals surface area (Å²) in [6.45, 7) is 6.37. The molecular formula is C55H39N3O. The van der Waals surface area contributed by atoms with Crippen LogP contribution in [0.15, 0.2) is 205 Å². The van der Waals surface area contributed by atoms with E-state index in [1.165, 1.54) is 21.9 Å². The van der Waals surface area contributed by atoms with E-state index < -0.39 is 0 Å². The van der Waals surface area contributed by atoms with Gasteiger partial charge in [-0.3, -0.25) is 0 Å². The molecule has 0 aliphatic carbocycles. The number of hydrogen-bond acceptors (Lipinski definition) is 3. The van der Waals surface area contributed by atoms with E-state index in [2.05, 4.69) is 198 Å². The zero-order valence-corrected chi connectivity index (χ0v) is 32.6. The third-order valence-electron chi connectivity index (χ3n) is 11.1. The zero-order valence-electron chi connectivity index (χ0n) is 32.6. The molecule has 59 heavy (non-hydrogen) atoms. The molecule has 0 bridgehead atoms. The Kier molecular flexibility index (Phi) is 9.20. The largest absolute Gasteiger partial charge is 0.416 e. The van der Waals surface area contributed by atoms with Gasteiger partial charge < -0.3 is 8.98 Å². The zero-order chi connectivity index (χ0) is 39.7. The highest BCUT2D eigenvalue weighted by Gasteiger charge is 2.19. The Bertz CT molecular complexity index is 3160. The average Bonchev–Trinajstić information content (AvgIpc) is 3.92. The Morgan fingerprint density at radius 3 is 1.69 bits per heavy atom. The first-order chi connectivity index (χ1) is 29.2. The first-order valence-electron chi connectivity index (χ1n) is 19.9. The van der Waals surface area contributed by atoms with Crippen molar-refractivity contribution >= 4 is 33.8 Å². The standard InChI is InChI=1S/C55H39N3O/c1-3-15-52-44(4-2)51-36-42(32-35-53(51)58(52)43-33-30-39(31-34-43)46-25-14-19-37-16-8-9-20-45(37)46)48-22-11-13-24-50(48)49-23-12-10-21-47(49)38-26-28-41(29-27-38)55-57-56-54(59-55)40-17-6-5-7-18-40/h3-36H,2H2,1H3/b15-3-. The topological polar surface area (TPSA) is 43.9 Å². The average molecular weight is 758 g/mol. The van der Waals surface area contributed by atoms with E-state index in [9.17, 15) is 0 Å². The smallest absolute Gasteiger partial charge is 0.248 e. The molecule has 0 aliphatic rings. The van der Waals surface area contributed by atoms with Crippen LogP contribution in [0.4, 0.5) is 0 Å². The van der Waals surface area contributed by atoms with Crippen molar-refractivity contribution in [2.24, 2.45) is 0 Å². The molecule has 0 amide bonds. The van der Waals surface area contributed by atoms with Gasteiger partial charge >= 0.3 is 0 Å². The highest BCUT2D eigenvalue weighted by molar-refractivity contribution is 6.00. The van der Waals surface area contributed by atoms with Gasteiger partial charge in [-0.05, 0) is 117 Å². The van der Waals surface area contributed by atoms with E-state index in [1.807, 2.05) is 36.4 Å². The van der Waals surface area contributed by atoms with Crippen molar-refractivity contribution in [3.8, 4) is 73.1 Å². The molecule has 10 rings (SSSR count). The normalized spacial score (nSPS) is 11.5. The number of rotatable bonds is 9. The lowest BCUT2D eigenvalue weighted by atomic mass is 9.89. The molecule has 0 atom stereocenters. The fourth-order valence-corrected chi connectivity index (χ4v) is 8.35. The van der Waals surface area contributed by atoms with Crippen LogP contribution < -0.4 is 0 Å². The molecule has 0 saturated carbocycles. The summed E-state index contributed by atoms with van der Waals surface area (Å²) in [5, 5.41) is 12.3. The van der Waals surface area contributed by atoms with Gasteiger partial charge in [0.25, 0.3) is 0 Å². The van der Waals surface area contributed by atoms with Crippen molar-refractivity contribution in [2.75, 3.05) is 0 Å². The summed E-state index contributed by atoms with van der Waals surface area (Å²) in [5.74, 6) is 0.999. The number of hydrogen-bond donors (Lipinski definition) is 0. The molecule has 10 aromatic rings. The second-order valence-corrected chi connectivity index (χ2v) is 14.6. The van der Waals surface area contributed by atoms with Crippen LogP contribution in [0.5, 0.6) is 0 Å². The molecule has 8 aromatic carbocycles. The third kappa shape index (κ3) is 6.47. The number of fused-ring (bicyclic) bond motifs is 2. The van der Waals surface area contributed by atoms with E-state index in [4.69, 9.17) is 4.42 Å². The lowest BCUT2D eigenvalue weighted by Gasteiger charge is -2.15. The Balaban J connectivity index is 1.02. The van der Waals surface area contributed by atoms with Crippen LogP contribution in [0.3, 0.4) is 0 Å². The number of nitrogens with zero attached hydrogens (tertiary/aromatic N) is 3. The Morgan fingerprint density at radius 2 is 1.00 bits per heavy atom. The van der Waals surface area contributed by atoms with Crippen LogP contribution in [-0.2, 0) is 0 Å². The minimum atomic E-state index is 0.493. The Morgan fingerprint density at radius 1 is 0.475 bits per heavy atom. The molecule has 280 valence electrons. The lowest BCUT2D eigenvalue weighted by molar-refractivity contribution is 0.584. The molecule has 4 heteroatoms. The van der Waals surface area contributed by atoms with Gasteiger partial charge in [-0.2, -0.15) is 0 Å². The van der Waals surface area contributed by atoms with E-state index in [1.54, 1.807) is 0 Å². The number of benzene rings is 8. The van der Waals surface area contributed by atoms with Gasteiger partial charge in [0.05, 0.1) is 11.2 Å². The highest BCUT2D eigenvalue weighted by Crippen LogP contribution is 2.41. The van der Waals surface area contributed by atoms with Crippen molar-refractivity contribution in [3.05, 3.63) is 212 Å². The van der Waals surface area contributed by atoms with Crippen molar-refractivity contribution in [2.45, 2.75) is 6.92 Å². The predicted molar refractivity (Wildman–Crippen MR) is 246 cm³/mol. The number of aromatic nitrogens is 3. The molecule has 2 heterocycles. The summed E-state index contributed by atoms with van der Waals surface area (Å²) < 4.78 is 8.41. The summed E-state index contributed by atoms with van der Waals surface area (Å²) in [6, 6.07) is 66.3. The van der Waals surface area contributed by atoms with E-state index in [-0.39, 0.29) is 0 Å². The summed E-state index contributed by atoms with van der Waals surface area (Å²) in [4.78, 5) is 0. The van der Waals surface area contributed by atoms with Gasteiger partial charge in [0.15, 0.2) is 0 Å². The van der Waals surface area contributed by atoms with E-state index in [0.717, 1.165) is 72.4 Å². The van der Waals surface area contributed by atoms with Crippen molar-refractivity contribution in [3.63, 3.8) is 0 Å². The maximum atomic E-state index is 6.05. The van der Waals surface area contributed by atoms with Crippen LogP contribution in [0, 0.1) is 0 Å². The number of allylic oxidation sites excluding steroid dienone is 1. The van der Waals surface area contributed by atoms with Crippen LogP contribution in [0.1, 0.15) is 18.2 Å². The second kappa shape index (κ2) is 15.3. The predicted octanol–water partition coefficient (Wildman–Crippen LogP) is 14.8.